The van der Waals surface area contributed by atoms with Crippen LogP contribution in [0.5, 0.6) is 11.5 Å². The van der Waals surface area contributed by atoms with Crippen molar-refractivity contribution in [2.45, 2.75) is 19.5 Å². The van der Waals surface area contributed by atoms with Crippen molar-refractivity contribution in [3.63, 3.8) is 0 Å². The van der Waals surface area contributed by atoms with E-state index in [0.29, 0.717) is 23.1 Å². The number of ether oxygens (including phenoxy) is 2. The molecule has 1 aliphatic rings. The molecule has 0 bridgehead atoms. The third kappa shape index (κ3) is 3.73. The summed E-state index contributed by atoms with van der Waals surface area (Å²) in [6, 6.07) is 2.56. The van der Waals surface area contributed by atoms with Crippen molar-refractivity contribution in [1.29, 1.82) is 0 Å². The highest BCUT2D eigenvalue weighted by molar-refractivity contribution is 6.32. The number of amides is 3. The van der Waals surface area contributed by atoms with E-state index in [4.69, 9.17) is 21.1 Å². The van der Waals surface area contributed by atoms with Crippen LogP contribution in [0.3, 0.4) is 0 Å². The Hall–Kier alpha value is -2.15. The zero-order chi connectivity index (χ0) is 16.1. The molecule has 1 atom stereocenters. The SMILES string of the molecule is CCOc1c(Cl)cc(CNC(=O)[C@@H]2CNC(=O)N2)cc1OC. The lowest BCUT2D eigenvalue weighted by atomic mass is 10.2. The summed E-state index contributed by atoms with van der Waals surface area (Å²) in [5.74, 6) is 0.728. The lowest BCUT2D eigenvalue weighted by molar-refractivity contribution is -0.122. The molecule has 7 nitrogen and oxygen atoms in total. The second-order valence-electron chi connectivity index (χ2n) is 4.67. The van der Waals surface area contributed by atoms with Crippen molar-refractivity contribution in [2.24, 2.45) is 0 Å². The average Bonchev–Trinajstić information content (AvgIpc) is 2.93. The van der Waals surface area contributed by atoms with Gasteiger partial charge in [-0.05, 0) is 24.6 Å². The van der Waals surface area contributed by atoms with Crippen LogP contribution in [0.1, 0.15) is 12.5 Å². The Morgan fingerprint density at radius 2 is 2.27 bits per heavy atom. The van der Waals surface area contributed by atoms with E-state index in [-0.39, 0.29) is 25.0 Å². The van der Waals surface area contributed by atoms with Gasteiger partial charge in [0, 0.05) is 13.1 Å². The number of urea groups is 1. The van der Waals surface area contributed by atoms with Gasteiger partial charge in [-0.15, -0.1) is 0 Å². The van der Waals surface area contributed by atoms with E-state index in [2.05, 4.69) is 16.0 Å². The molecular weight excluding hydrogens is 310 g/mol. The van der Waals surface area contributed by atoms with E-state index in [1.165, 1.54) is 7.11 Å². The summed E-state index contributed by atoms with van der Waals surface area (Å²) in [4.78, 5) is 22.9. The van der Waals surface area contributed by atoms with E-state index in [9.17, 15) is 9.59 Å². The van der Waals surface area contributed by atoms with Gasteiger partial charge in [-0.3, -0.25) is 4.79 Å². The molecule has 3 N–H and O–H groups in total. The first-order chi connectivity index (χ1) is 10.5. The van der Waals surface area contributed by atoms with Gasteiger partial charge >= 0.3 is 6.03 Å². The Kier molecular flexibility index (Phi) is 5.32. The van der Waals surface area contributed by atoms with Crippen molar-refractivity contribution >= 4 is 23.5 Å². The van der Waals surface area contributed by atoms with Crippen LogP contribution in [0.15, 0.2) is 12.1 Å². The molecule has 0 aromatic heterocycles. The Balaban J connectivity index is 2.02. The third-order valence-electron chi connectivity index (χ3n) is 3.13. The zero-order valence-electron chi connectivity index (χ0n) is 12.4. The molecule has 1 heterocycles. The van der Waals surface area contributed by atoms with Gasteiger partial charge in [-0.1, -0.05) is 11.6 Å². The lowest BCUT2D eigenvalue weighted by Crippen LogP contribution is -2.42. The largest absolute Gasteiger partial charge is 0.493 e. The molecule has 1 aromatic rings. The van der Waals surface area contributed by atoms with Crippen LogP contribution in [-0.4, -0.2) is 38.2 Å². The molecule has 0 saturated carbocycles. The van der Waals surface area contributed by atoms with Crippen molar-refractivity contribution in [1.82, 2.24) is 16.0 Å². The number of methoxy groups -OCH3 is 1. The molecule has 22 heavy (non-hydrogen) atoms. The van der Waals surface area contributed by atoms with Crippen molar-refractivity contribution in [3.8, 4) is 11.5 Å². The summed E-state index contributed by atoms with van der Waals surface area (Å²) < 4.78 is 10.7. The summed E-state index contributed by atoms with van der Waals surface area (Å²) in [6.45, 7) is 2.88. The number of carbonyl (C=O) groups excluding carboxylic acids is 2. The van der Waals surface area contributed by atoms with Gasteiger partial charge in [-0.2, -0.15) is 0 Å². The minimum absolute atomic E-state index is 0.262. The van der Waals surface area contributed by atoms with Crippen LogP contribution in [0.4, 0.5) is 4.79 Å². The molecule has 0 spiro atoms. The van der Waals surface area contributed by atoms with Gasteiger partial charge in [0.2, 0.25) is 5.91 Å². The Bertz CT molecular complexity index is 579. The average molecular weight is 328 g/mol. The molecule has 0 aliphatic carbocycles. The molecule has 1 fully saturated rings. The van der Waals surface area contributed by atoms with Gasteiger partial charge in [0.25, 0.3) is 0 Å². The lowest BCUT2D eigenvalue weighted by Gasteiger charge is -2.14. The molecule has 3 amide bonds. The summed E-state index contributed by atoms with van der Waals surface area (Å²) in [7, 11) is 1.52. The maximum atomic E-state index is 11.9. The minimum Gasteiger partial charge on any atom is -0.493 e. The standard InChI is InChI=1S/C14H18ClN3O4/c1-3-22-12-9(15)4-8(5-11(12)21-2)6-16-13(19)10-7-17-14(20)18-10/h4-5,10H,3,6-7H2,1-2H3,(H,16,19)(H2,17,18,20)/t10-/m0/s1. The van der Waals surface area contributed by atoms with Crippen LogP contribution in [0.25, 0.3) is 0 Å². The zero-order valence-corrected chi connectivity index (χ0v) is 13.1. The van der Waals surface area contributed by atoms with Crippen molar-refractivity contribution in [3.05, 3.63) is 22.7 Å². The van der Waals surface area contributed by atoms with E-state index >= 15 is 0 Å². The first-order valence-corrected chi connectivity index (χ1v) is 7.24. The number of hydrogen-bond acceptors (Lipinski definition) is 4. The smallest absolute Gasteiger partial charge is 0.315 e. The molecule has 8 heteroatoms. The number of benzene rings is 1. The molecule has 0 unspecified atom stereocenters. The van der Waals surface area contributed by atoms with Gasteiger partial charge < -0.3 is 25.4 Å². The maximum Gasteiger partial charge on any atom is 0.315 e. The monoisotopic (exact) mass is 327 g/mol. The molecule has 120 valence electrons. The molecule has 1 saturated heterocycles. The number of halogens is 1. The van der Waals surface area contributed by atoms with Crippen molar-refractivity contribution in [2.75, 3.05) is 20.3 Å². The highest BCUT2D eigenvalue weighted by atomic mass is 35.5. The fourth-order valence-electron chi connectivity index (χ4n) is 2.09. The van der Waals surface area contributed by atoms with Gasteiger partial charge in [0.05, 0.1) is 18.7 Å². The summed E-state index contributed by atoms with van der Waals surface area (Å²) in [5, 5.41) is 8.21. The minimum atomic E-state index is -0.562. The molecular formula is C14H18ClN3O4. The number of nitrogens with one attached hydrogen (secondary N) is 3. The predicted molar refractivity (Wildman–Crippen MR) is 81.3 cm³/mol. The van der Waals surface area contributed by atoms with Crippen LogP contribution in [-0.2, 0) is 11.3 Å². The number of hydrogen-bond donors (Lipinski definition) is 3. The first-order valence-electron chi connectivity index (χ1n) is 6.86. The number of carbonyl (C=O) groups is 2. The summed E-state index contributed by atoms with van der Waals surface area (Å²) in [5.41, 5.74) is 0.774. The predicted octanol–water partition coefficient (Wildman–Crippen LogP) is 1.04. The third-order valence-corrected chi connectivity index (χ3v) is 3.41. The van der Waals surface area contributed by atoms with Gasteiger partial charge in [0.1, 0.15) is 6.04 Å². The van der Waals surface area contributed by atoms with E-state index in [1.54, 1.807) is 12.1 Å². The van der Waals surface area contributed by atoms with E-state index in [0.717, 1.165) is 5.56 Å². The highest BCUT2D eigenvalue weighted by Gasteiger charge is 2.26. The summed E-state index contributed by atoms with van der Waals surface area (Å²) in [6.07, 6.45) is 0. The van der Waals surface area contributed by atoms with Crippen LogP contribution in [0, 0.1) is 0 Å². The normalized spacial score (nSPS) is 16.7. The second kappa shape index (κ2) is 7.22. The Morgan fingerprint density at radius 3 is 2.86 bits per heavy atom. The molecule has 1 aromatic carbocycles. The van der Waals surface area contributed by atoms with Crippen LogP contribution in [0.2, 0.25) is 5.02 Å². The van der Waals surface area contributed by atoms with Crippen LogP contribution < -0.4 is 25.4 Å². The van der Waals surface area contributed by atoms with E-state index in [1.807, 2.05) is 6.92 Å². The maximum absolute atomic E-state index is 11.9. The number of rotatable bonds is 6. The van der Waals surface area contributed by atoms with Crippen LogP contribution >= 0.6 is 11.6 Å². The fraction of sp³-hybridized carbons (Fsp3) is 0.429. The Labute approximate surface area is 133 Å². The second-order valence-corrected chi connectivity index (χ2v) is 5.07. The molecule has 1 aliphatic heterocycles. The topological polar surface area (TPSA) is 88.7 Å². The fourth-order valence-corrected chi connectivity index (χ4v) is 2.37. The quantitative estimate of drug-likeness (QED) is 0.728. The summed E-state index contributed by atoms with van der Waals surface area (Å²) >= 11 is 6.17. The van der Waals surface area contributed by atoms with Gasteiger partial charge in [0.15, 0.2) is 11.5 Å². The van der Waals surface area contributed by atoms with Crippen molar-refractivity contribution < 1.29 is 19.1 Å². The van der Waals surface area contributed by atoms with Gasteiger partial charge in [-0.25, -0.2) is 4.79 Å². The first kappa shape index (κ1) is 16.2. The molecule has 2 rings (SSSR count). The Morgan fingerprint density at radius 1 is 1.50 bits per heavy atom. The molecule has 0 radical (unpaired) electrons. The highest BCUT2D eigenvalue weighted by Crippen LogP contribution is 2.36. The van der Waals surface area contributed by atoms with E-state index < -0.39 is 6.04 Å².